The molecule has 0 unspecified atom stereocenters. The largest absolute Gasteiger partial charge is 0.349 e. The third-order valence-electron chi connectivity index (χ3n) is 6.47. The SMILES string of the molecule is O=C(NC1C[C@H]2CCC[C@H](C1)N2C1CCCCC1)c1ccc(F)cc1. The predicted octanol–water partition coefficient (Wildman–Crippen LogP) is 4.27. The van der Waals surface area contributed by atoms with Crippen LogP contribution in [0.15, 0.2) is 24.3 Å². The number of rotatable bonds is 3. The molecule has 1 amide bonds. The molecule has 2 heterocycles. The van der Waals surface area contributed by atoms with Crippen LogP contribution in [0, 0.1) is 5.82 Å². The molecule has 0 aromatic heterocycles. The van der Waals surface area contributed by atoms with Gasteiger partial charge >= 0.3 is 0 Å². The van der Waals surface area contributed by atoms with Gasteiger partial charge in [-0.3, -0.25) is 9.69 Å². The van der Waals surface area contributed by atoms with Gasteiger partial charge in [-0.2, -0.15) is 0 Å². The highest BCUT2D eigenvalue weighted by Crippen LogP contribution is 2.39. The Morgan fingerprint density at radius 1 is 0.880 bits per heavy atom. The number of nitrogens with zero attached hydrogens (tertiary/aromatic N) is 1. The minimum absolute atomic E-state index is 0.0609. The van der Waals surface area contributed by atoms with Gasteiger partial charge in [0.15, 0.2) is 0 Å². The lowest BCUT2D eigenvalue weighted by Crippen LogP contribution is -2.60. The number of hydrogen-bond acceptors (Lipinski definition) is 2. The summed E-state index contributed by atoms with van der Waals surface area (Å²) >= 11 is 0. The summed E-state index contributed by atoms with van der Waals surface area (Å²) in [6, 6.07) is 8.16. The zero-order valence-electron chi connectivity index (χ0n) is 14.9. The zero-order chi connectivity index (χ0) is 17.2. The summed E-state index contributed by atoms with van der Waals surface area (Å²) in [6.45, 7) is 0. The Balaban J connectivity index is 1.40. The van der Waals surface area contributed by atoms with E-state index in [1.165, 1.54) is 63.5 Å². The number of piperidine rings is 2. The molecular formula is C21H29FN2O. The van der Waals surface area contributed by atoms with Gasteiger partial charge in [-0.25, -0.2) is 4.39 Å². The van der Waals surface area contributed by atoms with Crippen LogP contribution in [0.25, 0.3) is 0 Å². The van der Waals surface area contributed by atoms with Crippen LogP contribution in [-0.2, 0) is 0 Å². The van der Waals surface area contributed by atoms with E-state index in [1.54, 1.807) is 12.1 Å². The van der Waals surface area contributed by atoms with E-state index in [2.05, 4.69) is 10.2 Å². The minimum Gasteiger partial charge on any atom is -0.349 e. The van der Waals surface area contributed by atoms with Crippen LogP contribution in [0.4, 0.5) is 4.39 Å². The van der Waals surface area contributed by atoms with Gasteiger partial charge in [0.25, 0.3) is 5.91 Å². The van der Waals surface area contributed by atoms with Crippen molar-refractivity contribution in [3.05, 3.63) is 35.6 Å². The molecule has 0 spiro atoms. The smallest absolute Gasteiger partial charge is 0.251 e. The molecule has 136 valence electrons. The molecule has 4 rings (SSSR count). The van der Waals surface area contributed by atoms with E-state index >= 15 is 0 Å². The quantitative estimate of drug-likeness (QED) is 0.888. The summed E-state index contributed by atoms with van der Waals surface area (Å²) in [5.41, 5.74) is 0.557. The Bertz CT molecular complexity index is 582. The number of halogens is 1. The summed E-state index contributed by atoms with van der Waals surface area (Å²) in [5, 5.41) is 3.22. The van der Waals surface area contributed by atoms with Gasteiger partial charge in [0, 0.05) is 29.7 Å². The van der Waals surface area contributed by atoms with Crippen LogP contribution in [0.5, 0.6) is 0 Å². The maximum absolute atomic E-state index is 13.0. The highest BCUT2D eigenvalue weighted by Gasteiger charge is 2.42. The maximum atomic E-state index is 13.0. The molecule has 1 saturated carbocycles. The van der Waals surface area contributed by atoms with Crippen LogP contribution >= 0.6 is 0 Å². The lowest BCUT2D eigenvalue weighted by molar-refractivity contribution is -0.0211. The molecule has 3 nitrogen and oxygen atoms in total. The predicted molar refractivity (Wildman–Crippen MR) is 97.0 cm³/mol. The van der Waals surface area contributed by atoms with Crippen LogP contribution < -0.4 is 5.32 Å². The maximum Gasteiger partial charge on any atom is 0.251 e. The Morgan fingerprint density at radius 3 is 2.12 bits per heavy atom. The first-order valence-corrected chi connectivity index (χ1v) is 10.0. The Hall–Kier alpha value is -1.42. The third kappa shape index (κ3) is 3.74. The highest BCUT2D eigenvalue weighted by molar-refractivity contribution is 5.94. The van der Waals surface area contributed by atoms with Gasteiger partial charge in [-0.15, -0.1) is 0 Å². The van der Waals surface area contributed by atoms with Crippen molar-refractivity contribution >= 4 is 5.91 Å². The van der Waals surface area contributed by atoms with Crippen molar-refractivity contribution < 1.29 is 9.18 Å². The lowest BCUT2D eigenvalue weighted by Gasteiger charge is -2.53. The second-order valence-electron chi connectivity index (χ2n) is 8.13. The first-order valence-electron chi connectivity index (χ1n) is 10.0. The van der Waals surface area contributed by atoms with Gasteiger partial charge in [0.1, 0.15) is 5.82 Å². The van der Waals surface area contributed by atoms with Crippen molar-refractivity contribution in [2.45, 2.75) is 88.4 Å². The fraction of sp³-hybridized carbons (Fsp3) is 0.667. The Morgan fingerprint density at radius 2 is 1.48 bits per heavy atom. The van der Waals surface area contributed by atoms with E-state index < -0.39 is 0 Å². The number of nitrogens with one attached hydrogen (secondary N) is 1. The topological polar surface area (TPSA) is 32.3 Å². The highest BCUT2D eigenvalue weighted by atomic mass is 19.1. The van der Waals surface area contributed by atoms with Gasteiger partial charge in [-0.05, 0) is 62.8 Å². The average Bonchev–Trinajstić information content (AvgIpc) is 2.62. The van der Waals surface area contributed by atoms with E-state index in [-0.39, 0.29) is 17.8 Å². The summed E-state index contributed by atoms with van der Waals surface area (Å²) in [7, 11) is 0. The van der Waals surface area contributed by atoms with Crippen molar-refractivity contribution in [1.29, 1.82) is 0 Å². The molecule has 1 N–H and O–H groups in total. The number of carbonyl (C=O) groups excluding carboxylic acids is 1. The fourth-order valence-corrected chi connectivity index (χ4v) is 5.38. The molecule has 1 aliphatic carbocycles. The lowest BCUT2D eigenvalue weighted by atomic mass is 9.78. The molecule has 3 fully saturated rings. The van der Waals surface area contributed by atoms with Crippen molar-refractivity contribution in [2.75, 3.05) is 0 Å². The van der Waals surface area contributed by atoms with Crippen molar-refractivity contribution in [3.63, 3.8) is 0 Å². The molecular weight excluding hydrogens is 315 g/mol. The van der Waals surface area contributed by atoms with Crippen molar-refractivity contribution in [2.24, 2.45) is 0 Å². The molecule has 2 bridgehead atoms. The first-order chi connectivity index (χ1) is 12.2. The number of benzene rings is 1. The molecule has 1 aromatic rings. The van der Waals surface area contributed by atoms with Gasteiger partial charge in [0.2, 0.25) is 0 Å². The second kappa shape index (κ2) is 7.45. The van der Waals surface area contributed by atoms with E-state index in [1.807, 2.05) is 0 Å². The monoisotopic (exact) mass is 344 g/mol. The van der Waals surface area contributed by atoms with Crippen molar-refractivity contribution in [1.82, 2.24) is 10.2 Å². The van der Waals surface area contributed by atoms with Crippen LogP contribution in [0.2, 0.25) is 0 Å². The van der Waals surface area contributed by atoms with Gasteiger partial charge < -0.3 is 5.32 Å². The van der Waals surface area contributed by atoms with E-state index in [9.17, 15) is 9.18 Å². The van der Waals surface area contributed by atoms with Crippen molar-refractivity contribution in [3.8, 4) is 0 Å². The molecule has 2 aliphatic heterocycles. The Labute approximate surface area is 150 Å². The molecule has 2 atom stereocenters. The minimum atomic E-state index is -0.299. The van der Waals surface area contributed by atoms with Gasteiger partial charge in [-0.1, -0.05) is 25.7 Å². The number of carbonyl (C=O) groups is 1. The standard InChI is InChI=1S/C21H29FN2O/c22-16-11-9-15(10-12-16)21(25)23-17-13-19-7-4-8-20(14-17)24(19)18-5-2-1-3-6-18/h9-12,17-20H,1-8,13-14H2,(H,23,25)/t19-,20-/m1/s1. The molecule has 1 aromatic carbocycles. The molecule has 25 heavy (non-hydrogen) atoms. The molecule has 0 radical (unpaired) electrons. The summed E-state index contributed by atoms with van der Waals surface area (Å²) < 4.78 is 13.0. The van der Waals surface area contributed by atoms with E-state index in [0.29, 0.717) is 17.6 Å². The van der Waals surface area contributed by atoms with Gasteiger partial charge in [0.05, 0.1) is 0 Å². The van der Waals surface area contributed by atoms with Crippen LogP contribution in [0.1, 0.15) is 74.6 Å². The fourth-order valence-electron chi connectivity index (χ4n) is 5.38. The summed E-state index contributed by atoms with van der Waals surface area (Å²) in [6.07, 6.45) is 12.9. The number of fused-ring (bicyclic) bond motifs is 2. The summed E-state index contributed by atoms with van der Waals surface area (Å²) in [5.74, 6) is -0.360. The van der Waals surface area contributed by atoms with Crippen LogP contribution in [0.3, 0.4) is 0 Å². The number of hydrogen-bond donors (Lipinski definition) is 1. The molecule has 3 aliphatic rings. The van der Waals surface area contributed by atoms with E-state index in [4.69, 9.17) is 0 Å². The molecule has 4 heteroatoms. The summed E-state index contributed by atoms with van der Waals surface area (Å²) in [4.78, 5) is 15.3. The third-order valence-corrected chi connectivity index (χ3v) is 6.47. The first kappa shape index (κ1) is 17.0. The van der Waals surface area contributed by atoms with E-state index in [0.717, 1.165) is 18.9 Å². The Kier molecular flexibility index (Phi) is 5.07. The van der Waals surface area contributed by atoms with Crippen LogP contribution in [-0.4, -0.2) is 35.0 Å². The molecule has 2 saturated heterocycles. The normalized spacial score (nSPS) is 30.8. The number of amides is 1. The average molecular weight is 344 g/mol. The zero-order valence-corrected chi connectivity index (χ0v) is 14.9. The second-order valence-corrected chi connectivity index (χ2v) is 8.13.